The Balaban J connectivity index is 3.85. The molecule has 6 nitrogen and oxygen atoms in total. The van der Waals surface area contributed by atoms with Crippen LogP contribution in [0.3, 0.4) is 0 Å². The molecule has 0 spiro atoms. The summed E-state index contributed by atoms with van der Waals surface area (Å²) in [7, 11) is 0. The molecule has 1 atom stereocenters. The highest BCUT2D eigenvalue weighted by Crippen LogP contribution is 1.83. The van der Waals surface area contributed by atoms with Gasteiger partial charge in [0.2, 0.25) is 11.8 Å². The number of carboxylic acids is 1. The standard InChI is InChI=1S/C6H10N2O4/c1-3(6(7)12)8-4(9)2-5(10)11/h3H,2H2,1H3,(H2,7,12)(H,8,9)(H,10,11). The lowest BCUT2D eigenvalue weighted by atomic mass is 10.3. The van der Waals surface area contributed by atoms with Crippen molar-refractivity contribution in [2.75, 3.05) is 0 Å². The summed E-state index contributed by atoms with van der Waals surface area (Å²) in [6.45, 7) is 1.38. The molecule has 0 heterocycles. The van der Waals surface area contributed by atoms with Crippen LogP contribution in [0.15, 0.2) is 0 Å². The molecule has 0 radical (unpaired) electrons. The predicted octanol–water partition coefficient (Wildman–Crippen LogP) is -1.55. The molecule has 0 aliphatic carbocycles. The van der Waals surface area contributed by atoms with Gasteiger partial charge in [0.1, 0.15) is 12.5 Å². The zero-order chi connectivity index (χ0) is 9.72. The fraction of sp³-hybridized carbons (Fsp3) is 0.500. The molecule has 0 rings (SSSR count). The van der Waals surface area contributed by atoms with Crippen LogP contribution in [0.5, 0.6) is 0 Å². The van der Waals surface area contributed by atoms with Gasteiger partial charge in [-0.1, -0.05) is 0 Å². The molecule has 0 aromatic rings. The van der Waals surface area contributed by atoms with Crippen LogP contribution in [0.4, 0.5) is 0 Å². The first kappa shape index (κ1) is 10.4. The number of carbonyl (C=O) groups is 3. The molecular weight excluding hydrogens is 164 g/mol. The Morgan fingerprint density at radius 2 is 2.00 bits per heavy atom. The van der Waals surface area contributed by atoms with E-state index in [9.17, 15) is 14.4 Å². The number of carboxylic acid groups (broad SMARTS) is 1. The quantitative estimate of drug-likeness (QED) is 0.448. The average Bonchev–Trinajstić information content (AvgIpc) is 1.84. The number of rotatable bonds is 4. The molecule has 0 saturated carbocycles. The Morgan fingerprint density at radius 3 is 2.33 bits per heavy atom. The molecule has 0 fully saturated rings. The van der Waals surface area contributed by atoms with Crippen molar-refractivity contribution in [2.45, 2.75) is 19.4 Å². The van der Waals surface area contributed by atoms with E-state index in [1.165, 1.54) is 6.92 Å². The first-order chi connectivity index (χ1) is 5.43. The number of primary amides is 1. The number of hydrogen-bond acceptors (Lipinski definition) is 3. The smallest absolute Gasteiger partial charge is 0.312 e. The fourth-order valence-corrected chi connectivity index (χ4v) is 0.501. The second kappa shape index (κ2) is 4.32. The van der Waals surface area contributed by atoms with Gasteiger partial charge < -0.3 is 16.2 Å². The monoisotopic (exact) mass is 174 g/mol. The van der Waals surface area contributed by atoms with E-state index in [0.717, 1.165) is 0 Å². The molecule has 68 valence electrons. The molecular formula is C6H10N2O4. The average molecular weight is 174 g/mol. The van der Waals surface area contributed by atoms with E-state index in [-0.39, 0.29) is 0 Å². The third-order valence-electron chi connectivity index (χ3n) is 1.12. The number of hydrogen-bond donors (Lipinski definition) is 3. The summed E-state index contributed by atoms with van der Waals surface area (Å²) in [4.78, 5) is 31.0. The third-order valence-corrected chi connectivity index (χ3v) is 1.12. The topological polar surface area (TPSA) is 109 Å². The van der Waals surface area contributed by atoms with Crippen molar-refractivity contribution < 1.29 is 19.5 Å². The van der Waals surface area contributed by atoms with Crippen molar-refractivity contribution in [1.82, 2.24) is 5.32 Å². The molecule has 12 heavy (non-hydrogen) atoms. The normalized spacial score (nSPS) is 11.8. The van der Waals surface area contributed by atoms with Gasteiger partial charge in [-0.05, 0) is 6.92 Å². The maximum atomic E-state index is 10.7. The van der Waals surface area contributed by atoms with Gasteiger partial charge >= 0.3 is 5.97 Å². The van der Waals surface area contributed by atoms with Crippen molar-refractivity contribution in [3.05, 3.63) is 0 Å². The van der Waals surface area contributed by atoms with Crippen LogP contribution in [-0.4, -0.2) is 28.9 Å². The highest BCUT2D eigenvalue weighted by atomic mass is 16.4. The Kier molecular flexibility index (Phi) is 3.75. The minimum atomic E-state index is -1.25. The van der Waals surface area contributed by atoms with Crippen LogP contribution in [0.2, 0.25) is 0 Å². The summed E-state index contributed by atoms with van der Waals surface area (Å²) in [5, 5.41) is 10.3. The van der Waals surface area contributed by atoms with Gasteiger partial charge in [-0.15, -0.1) is 0 Å². The number of carbonyl (C=O) groups excluding carboxylic acids is 2. The molecule has 2 amide bonds. The van der Waals surface area contributed by atoms with Crippen molar-refractivity contribution in [3.8, 4) is 0 Å². The van der Waals surface area contributed by atoms with Gasteiger partial charge in [-0.2, -0.15) is 0 Å². The largest absolute Gasteiger partial charge is 0.481 e. The second-order valence-corrected chi connectivity index (χ2v) is 2.26. The molecule has 0 aromatic heterocycles. The molecule has 0 aromatic carbocycles. The van der Waals surface area contributed by atoms with E-state index in [1.54, 1.807) is 0 Å². The van der Waals surface area contributed by atoms with Gasteiger partial charge in [0, 0.05) is 0 Å². The molecule has 0 saturated heterocycles. The third kappa shape index (κ3) is 4.26. The van der Waals surface area contributed by atoms with Crippen LogP contribution in [-0.2, 0) is 14.4 Å². The zero-order valence-corrected chi connectivity index (χ0v) is 6.53. The fourth-order valence-electron chi connectivity index (χ4n) is 0.501. The summed E-state index contributed by atoms with van der Waals surface area (Å²) in [5.74, 6) is -2.67. The van der Waals surface area contributed by atoms with Crippen molar-refractivity contribution in [3.63, 3.8) is 0 Å². The van der Waals surface area contributed by atoms with E-state index in [1.807, 2.05) is 0 Å². The summed E-state index contributed by atoms with van der Waals surface area (Å²) >= 11 is 0. The lowest BCUT2D eigenvalue weighted by molar-refractivity contribution is -0.141. The highest BCUT2D eigenvalue weighted by molar-refractivity contribution is 5.95. The molecule has 6 heteroatoms. The van der Waals surface area contributed by atoms with Crippen molar-refractivity contribution in [1.29, 1.82) is 0 Å². The number of nitrogens with two attached hydrogens (primary N) is 1. The van der Waals surface area contributed by atoms with Crippen molar-refractivity contribution >= 4 is 17.8 Å². The van der Waals surface area contributed by atoms with E-state index in [2.05, 4.69) is 5.32 Å². The highest BCUT2D eigenvalue weighted by Gasteiger charge is 2.13. The predicted molar refractivity (Wildman–Crippen MR) is 39.1 cm³/mol. The molecule has 0 aliphatic heterocycles. The number of nitrogens with one attached hydrogen (secondary N) is 1. The van der Waals surface area contributed by atoms with Gasteiger partial charge in [0.05, 0.1) is 0 Å². The Labute approximate surface area is 68.7 Å². The van der Waals surface area contributed by atoms with E-state index < -0.39 is 30.2 Å². The summed E-state index contributed by atoms with van der Waals surface area (Å²) in [5.41, 5.74) is 4.81. The van der Waals surface area contributed by atoms with Gasteiger partial charge in [-0.3, -0.25) is 14.4 Å². The van der Waals surface area contributed by atoms with E-state index in [0.29, 0.717) is 0 Å². The Morgan fingerprint density at radius 1 is 1.50 bits per heavy atom. The first-order valence-corrected chi connectivity index (χ1v) is 3.24. The van der Waals surface area contributed by atoms with Crippen LogP contribution in [0, 0.1) is 0 Å². The summed E-state index contributed by atoms with van der Waals surface area (Å²) < 4.78 is 0. The SMILES string of the molecule is CC(NC(=O)CC(=O)O)C(N)=O. The van der Waals surface area contributed by atoms with Gasteiger partial charge in [0.15, 0.2) is 0 Å². The van der Waals surface area contributed by atoms with Crippen LogP contribution in [0.1, 0.15) is 13.3 Å². The second-order valence-electron chi connectivity index (χ2n) is 2.26. The lowest BCUT2D eigenvalue weighted by Gasteiger charge is -2.07. The molecule has 0 aliphatic rings. The van der Waals surface area contributed by atoms with Crippen LogP contribution >= 0.6 is 0 Å². The number of aliphatic carboxylic acids is 1. The Bertz CT molecular complexity index is 214. The minimum absolute atomic E-state index is 0.655. The Hall–Kier alpha value is -1.59. The number of amides is 2. The van der Waals surface area contributed by atoms with Crippen LogP contribution in [0.25, 0.3) is 0 Å². The zero-order valence-electron chi connectivity index (χ0n) is 6.53. The first-order valence-electron chi connectivity index (χ1n) is 3.24. The molecule has 0 bridgehead atoms. The lowest BCUT2D eigenvalue weighted by Crippen LogP contribution is -2.42. The van der Waals surface area contributed by atoms with E-state index in [4.69, 9.17) is 10.8 Å². The van der Waals surface area contributed by atoms with Gasteiger partial charge in [-0.25, -0.2) is 0 Å². The molecule has 4 N–H and O–H groups in total. The van der Waals surface area contributed by atoms with E-state index >= 15 is 0 Å². The summed E-state index contributed by atoms with van der Waals surface area (Å²) in [6.07, 6.45) is -0.655. The van der Waals surface area contributed by atoms with Crippen molar-refractivity contribution in [2.24, 2.45) is 5.73 Å². The minimum Gasteiger partial charge on any atom is -0.481 e. The maximum Gasteiger partial charge on any atom is 0.312 e. The maximum absolute atomic E-state index is 10.7. The molecule has 1 unspecified atom stereocenters. The summed E-state index contributed by atoms with van der Waals surface area (Å²) in [6, 6.07) is -0.836. The van der Waals surface area contributed by atoms with Gasteiger partial charge in [0.25, 0.3) is 0 Å². The van der Waals surface area contributed by atoms with Crippen LogP contribution < -0.4 is 11.1 Å².